The van der Waals surface area contributed by atoms with Gasteiger partial charge in [0, 0.05) is 0 Å². The number of rotatable bonds is 16. The second-order valence-corrected chi connectivity index (χ2v) is 9.48. The van der Waals surface area contributed by atoms with E-state index in [-0.39, 0.29) is 12.1 Å². The first kappa shape index (κ1) is 26.0. The van der Waals surface area contributed by atoms with Crippen molar-refractivity contribution in [2.75, 3.05) is 0 Å². The molecular weight excluding hydrogens is 364 g/mol. The highest BCUT2D eigenvalue weighted by molar-refractivity contribution is 5.81. The third-order valence-corrected chi connectivity index (χ3v) is 6.36. The molecule has 0 heterocycles. The Bertz CT molecular complexity index is 446. The monoisotopic (exact) mass is 410 g/mol. The molecule has 1 fully saturated rings. The van der Waals surface area contributed by atoms with E-state index >= 15 is 0 Å². The van der Waals surface area contributed by atoms with Crippen LogP contribution in [-0.4, -0.2) is 23.1 Å². The molecule has 1 saturated carbocycles. The molecule has 0 aromatic rings. The summed E-state index contributed by atoms with van der Waals surface area (Å²) in [5.41, 5.74) is 0. The summed E-state index contributed by atoms with van der Waals surface area (Å²) in [5.74, 6) is -1.31. The molecule has 1 N–H and O–H groups in total. The van der Waals surface area contributed by atoms with E-state index in [9.17, 15) is 14.7 Å². The van der Waals surface area contributed by atoms with Gasteiger partial charge in [-0.25, -0.2) is 0 Å². The summed E-state index contributed by atoms with van der Waals surface area (Å²) in [7, 11) is 0. The van der Waals surface area contributed by atoms with Crippen LogP contribution in [0.4, 0.5) is 0 Å². The summed E-state index contributed by atoms with van der Waals surface area (Å²) < 4.78 is 5.91. The van der Waals surface area contributed by atoms with Crippen LogP contribution in [0.3, 0.4) is 0 Å². The molecule has 0 aromatic carbocycles. The average Bonchev–Trinajstić information content (AvgIpc) is 2.69. The number of carbonyl (C=O) groups excluding carboxylic acids is 1. The van der Waals surface area contributed by atoms with Gasteiger partial charge in [0.15, 0.2) is 0 Å². The van der Waals surface area contributed by atoms with Crippen LogP contribution in [0, 0.1) is 17.8 Å². The highest BCUT2D eigenvalue weighted by Gasteiger charge is 2.37. The molecule has 1 aliphatic rings. The molecule has 4 heteroatoms. The molecular formula is C25H46O4. The van der Waals surface area contributed by atoms with Crippen molar-refractivity contribution in [2.45, 2.75) is 130 Å². The van der Waals surface area contributed by atoms with E-state index in [0.717, 1.165) is 44.4 Å². The Hall–Kier alpha value is -1.06. The van der Waals surface area contributed by atoms with Gasteiger partial charge in [0.1, 0.15) is 6.10 Å². The number of carboxylic acid groups (broad SMARTS) is 1. The first-order chi connectivity index (χ1) is 14.0. The molecule has 29 heavy (non-hydrogen) atoms. The fourth-order valence-corrected chi connectivity index (χ4v) is 4.48. The lowest BCUT2D eigenvalue weighted by molar-refractivity contribution is -0.164. The SMILES string of the molecule is CCCCCCC(CCCCCCCC(C)C)OC(=O)C1CCCCC1C(=O)O. The van der Waals surface area contributed by atoms with E-state index in [0.29, 0.717) is 12.8 Å². The van der Waals surface area contributed by atoms with Crippen LogP contribution in [0.25, 0.3) is 0 Å². The van der Waals surface area contributed by atoms with Crippen LogP contribution in [0.1, 0.15) is 124 Å². The number of esters is 1. The molecule has 0 aliphatic heterocycles. The first-order valence-corrected chi connectivity index (χ1v) is 12.4. The first-order valence-electron chi connectivity index (χ1n) is 12.4. The van der Waals surface area contributed by atoms with Gasteiger partial charge < -0.3 is 9.84 Å². The highest BCUT2D eigenvalue weighted by Crippen LogP contribution is 2.32. The van der Waals surface area contributed by atoms with Crippen molar-refractivity contribution >= 4 is 11.9 Å². The summed E-state index contributed by atoms with van der Waals surface area (Å²) in [6.07, 6.45) is 17.1. The molecule has 0 amide bonds. The van der Waals surface area contributed by atoms with Crippen LogP contribution in [0.2, 0.25) is 0 Å². The van der Waals surface area contributed by atoms with Gasteiger partial charge in [0.25, 0.3) is 0 Å². The molecule has 0 aromatic heterocycles. The van der Waals surface area contributed by atoms with Crippen LogP contribution < -0.4 is 0 Å². The van der Waals surface area contributed by atoms with Crippen molar-refractivity contribution in [1.29, 1.82) is 0 Å². The predicted octanol–water partition coefficient (Wildman–Crippen LogP) is 7.15. The third kappa shape index (κ3) is 11.6. The minimum absolute atomic E-state index is 0.0357. The van der Waals surface area contributed by atoms with E-state index in [1.54, 1.807) is 0 Å². The van der Waals surface area contributed by atoms with Gasteiger partial charge in [0.2, 0.25) is 0 Å². The van der Waals surface area contributed by atoms with Gasteiger partial charge in [-0.05, 0) is 44.4 Å². The fourth-order valence-electron chi connectivity index (χ4n) is 4.48. The van der Waals surface area contributed by atoms with Crippen molar-refractivity contribution in [3.05, 3.63) is 0 Å². The van der Waals surface area contributed by atoms with Crippen LogP contribution in [-0.2, 0) is 14.3 Å². The number of carbonyl (C=O) groups is 2. The third-order valence-electron chi connectivity index (χ3n) is 6.36. The summed E-state index contributed by atoms with van der Waals surface area (Å²) in [6, 6.07) is 0. The van der Waals surface area contributed by atoms with E-state index in [2.05, 4.69) is 20.8 Å². The maximum Gasteiger partial charge on any atom is 0.310 e. The van der Waals surface area contributed by atoms with E-state index in [4.69, 9.17) is 4.74 Å². The molecule has 0 bridgehead atoms. The van der Waals surface area contributed by atoms with Crippen LogP contribution in [0.5, 0.6) is 0 Å². The summed E-state index contributed by atoms with van der Waals surface area (Å²) in [5, 5.41) is 9.46. The van der Waals surface area contributed by atoms with Crippen molar-refractivity contribution in [3.8, 4) is 0 Å². The fraction of sp³-hybridized carbons (Fsp3) is 0.920. The number of ether oxygens (including phenoxy) is 1. The van der Waals surface area contributed by atoms with Gasteiger partial charge in [-0.15, -0.1) is 0 Å². The normalized spacial score (nSPS) is 20.6. The Labute approximate surface area is 179 Å². The minimum atomic E-state index is -0.840. The van der Waals surface area contributed by atoms with Crippen LogP contribution in [0.15, 0.2) is 0 Å². The summed E-state index contributed by atoms with van der Waals surface area (Å²) in [4.78, 5) is 24.3. The summed E-state index contributed by atoms with van der Waals surface area (Å²) >= 11 is 0. The second-order valence-electron chi connectivity index (χ2n) is 9.48. The highest BCUT2D eigenvalue weighted by atomic mass is 16.5. The smallest absolute Gasteiger partial charge is 0.310 e. The number of hydrogen-bond acceptors (Lipinski definition) is 3. The lowest BCUT2D eigenvalue weighted by atomic mass is 9.79. The van der Waals surface area contributed by atoms with Gasteiger partial charge in [0.05, 0.1) is 11.8 Å². The predicted molar refractivity (Wildman–Crippen MR) is 119 cm³/mol. The van der Waals surface area contributed by atoms with Crippen molar-refractivity contribution in [3.63, 3.8) is 0 Å². The van der Waals surface area contributed by atoms with Crippen molar-refractivity contribution < 1.29 is 19.4 Å². The van der Waals surface area contributed by atoms with E-state index < -0.39 is 17.8 Å². The molecule has 3 atom stereocenters. The van der Waals surface area contributed by atoms with E-state index in [1.807, 2.05) is 0 Å². The Balaban J connectivity index is 2.44. The minimum Gasteiger partial charge on any atom is -0.481 e. The molecule has 0 radical (unpaired) electrons. The van der Waals surface area contributed by atoms with Crippen LogP contribution >= 0.6 is 0 Å². The number of unbranched alkanes of at least 4 members (excludes halogenated alkanes) is 7. The summed E-state index contributed by atoms with van der Waals surface area (Å²) in [6.45, 7) is 6.75. The Kier molecular flexibility index (Phi) is 14.1. The second kappa shape index (κ2) is 15.7. The topological polar surface area (TPSA) is 63.6 Å². The van der Waals surface area contributed by atoms with Crippen molar-refractivity contribution in [1.82, 2.24) is 0 Å². The van der Waals surface area contributed by atoms with Gasteiger partial charge in [-0.2, -0.15) is 0 Å². The number of aliphatic carboxylic acids is 1. The Morgan fingerprint density at radius 1 is 0.828 bits per heavy atom. The standard InChI is InChI=1S/C25H46O4/c1-4-5-6-11-16-21(17-12-9-7-8-10-15-20(2)3)29-25(28)23-19-14-13-18-22(23)24(26)27/h20-23H,4-19H2,1-3H3,(H,26,27). The molecule has 4 nitrogen and oxygen atoms in total. The number of hydrogen-bond donors (Lipinski definition) is 1. The lowest BCUT2D eigenvalue weighted by Crippen LogP contribution is -2.35. The molecule has 1 rings (SSSR count). The largest absolute Gasteiger partial charge is 0.481 e. The molecule has 170 valence electrons. The molecule has 1 aliphatic carbocycles. The van der Waals surface area contributed by atoms with E-state index in [1.165, 1.54) is 51.4 Å². The Morgan fingerprint density at radius 2 is 1.34 bits per heavy atom. The Morgan fingerprint density at radius 3 is 1.90 bits per heavy atom. The molecule has 0 saturated heterocycles. The lowest BCUT2D eigenvalue weighted by Gasteiger charge is -2.29. The maximum absolute atomic E-state index is 12.8. The maximum atomic E-state index is 12.8. The molecule has 3 unspecified atom stereocenters. The zero-order valence-corrected chi connectivity index (χ0v) is 19.3. The van der Waals surface area contributed by atoms with Gasteiger partial charge >= 0.3 is 11.9 Å². The van der Waals surface area contributed by atoms with Crippen molar-refractivity contribution in [2.24, 2.45) is 17.8 Å². The molecule has 0 spiro atoms. The van der Waals surface area contributed by atoms with Gasteiger partial charge in [-0.1, -0.05) is 85.0 Å². The average molecular weight is 411 g/mol. The zero-order valence-electron chi connectivity index (χ0n) is 19.3. The number of carboxylic acids is 1. The quantitative estimate of drug-likeness (QED) is 0.217. The van der Waals surface area contributed by atoms with Gasteiger partial charge in [-0.3, -0.25) is 9.59 Å². The zero-order chi connectivity index (χ0) is 21.5.